The zero-order chi connectivity index (χ0) is 4.99. The van der Waals surface area contributed by atoms with E-state index < -0.39 is 6.03 Å². The van der Waals surface area contributed by atoms with Gasteiger partial charge in [0.05, 0.1) is 0 Å². The van der Waals surface area contributed by atoms with Gasteiger partial charge in [-0.05, 0) is 0 Å². The Balaban J connectivity index is 0. The summed E-state index contributed by atoms with van der Waals surface area (Å²) in [5.41, 5.74) is 7.56. The van der Waals surface area contributed by atoms with E-state index in [4.69, 9.17) is 5.53 Å². The monoisotopic (exact) mass is 112 g/mol. The molecule has 0 aliphatic heterocycles. The maximum atomic E-state index is 9.59. The van der Waals surface area contributed by atoms with Crippen LogP contribution in [0.3, 0.4) is 0 Å². The van der Waals surface area contributed by atoms with Crippen molar-refractivity contribution in [2.75, 3.05) is 0 Å². The Morgan fingerprint density at radius 2 is 2.29 bits per heavy atom. The number of carbonyl (C=O) groups is 1. The van der Waals surface area contributed by atoms with Gasteiger partial charge in [0, 0.05) is 0 Å². The zero-order valence-corrected chi connectivity index (χ0v) is 2.93. The van der Waals surface area contributed by atoms with Gasteiger partial charge in [0.15, 0.2) is 0 Å². The summed E-state index contributed by atoms with van der Waals surface area (Å²) in [4.78, 5) is 9.59. The molecule has 0 aromatic heterocycles. The Labute approximate surface area is 62.4 Å². The molecule has 0 saturated heterocycles. The van der Waals surface area contributed by atoms with Gasteiger partial charge in [-0.25, -0.2) is 10.6 Å². The van der Waals surface area contributed by atoms with Crippen molar-refractivity contribution in [3.8, 4) is 0 Å². The summed E-state index contributed by atoms with van der Waals surface area (Å²) in [5.74, 6) is 4.47. The molecule has 0 rings (SSSR count). The standard InChI is InChI=1S/CH4N4O.Na.H/c2-4-1(6)5-3;;/h2H,3H2,(H,5,6);;. The Morgan fingerprint density at radius 1 is 1.86 bits per heavy atom. The van der Waals surface area contributed by atoms with Crippen molar-refractivity contribution in [2.24, 2.45) is 11.0 Å². The molecule has 0 heterocycles. The van der Waals surface area contributed by atoms with Crippen LogP contribution >= 0.6 is 0 Å². The molecule has 0 spiro atoms. The van der Waals surface area contributed by atoms with Crippen molar-refractivity contribution in [1.82, 2.24) is 5.43 Å². The van der Waals surface area contributed by atoms with E-state index in [1.807, 2.05) is 0 Å². The molecule has 0 aliphatic rings. The molecule has 0 bridgehead atoms. The third kappa shape index (κ3) is 6.03. The summed E-state index contributed by atoms with van der Waals surface area (Å²) in [6.45, 7) is 0. The first-order chi connectivity index (χ1) is 2.81. The van der Waals surface area contributed by atoms with Crippen LogP contribution in [0.5, 0.6) is 0 Å². The Hall–Kier alpha value is 0.0300. The van der Waals surface area contributed by atoms with Gasteiger partial charge >= 0.3 is 35.6 Å². The van der Waals surface area contributed by atoms with E-state index in [1.54, 1.807) is 5.43 Å². The first-order valence-electron chi connectivity index (χ1n) is 1.19. The molecule has 6 heteroatoms. The molecule has 0 saturated carbocycles. The van der Waals surface area contributed by atoms with E-state index in [0.29, 0.717) is 0 Å². The quantitative estimate of drug-likeness (QED) is 0.123. The topological polar surface area (TPSA) is 91.3 Å². The van der Waals surface area contributed by atoms with Crippen LogP contribution in [-0.2, 0) is 0 Å². The number of hydrogen-bond donors (Lipinski definition) is 3. The van der Waals surface area contributed by atoms with Crippen LogP contribution in [0.4, 0.5) is 4.79 Å². The molecule has 2 amide bonds. The van der Waals surface area contributed by atoms with Crippen LogP contribution in [-0.4, -0.2) is 35.6 Å². The van der Waals surface area contributed by atoms with Crippen LogP contribution in [0.1, 0.15) is 0 Å². The van der Waals surface area contributed by atoms with Crippen molar-refractivity contribution >= 4 is 35.6 Å². The van der Waals surface area contributed by atoms with Crippen molar-refractivity contribution in [2.45, 2.75) is 0 Å². The molecule has 0 aromatic rings. The fourth-order valence-electron chi connectivity index (χ4n) is 0.0323. The molecule has 0 radical (unpaired) electrons. The predicted octanol–water partition coefficient (Wildman–Crippen LogP) is -1.05. The molecule has 4 N–H and O–H groups in total. The molecule has 0 unspecified atom stereocenters. The molecule has 36 valence electrons. The molecule has 0 atom stereocenters. The summed E-state index contributed by atoms with van der Waals surface area (Å²) >= 11 is 0. The van der Waals surface area contributed by atoms with E-state index in [9.17, 15) is 4.79 Å². The summed E-state index contributed by atoms with van der Waals surface area (Å²) in [6.07, 6.45) is 0. The number of rotatable bonds is 0. The van der Waals surface area contributed by atoms with Crippen molar-refractivity contribution in [3.63, 3.8) is 0 Å². The second kappa shape index (κ2) is 6.03. The second-order valence-corrected chi connectivity index (χ2v) is 0.561. The Kier molecular flexibility index (Phi) is 8.70. The number of nitrogens with two attached hydrogens (primary N) is 1. The third-order valence-corrected chi connectivity index (χ3v) is 0.225. The number of hydrogen-bond acceptors (Lipinski definition) is 3. The molecule has 0 aliphatic carbocycles. The third-order valence-electron chi connectivity index (χ3n) is 0.225. The van der Waals surface area contributed by atoms with Crippen LogP contribution in [0.15, 0.2) is 5.11 Å². The molecule has 5 nitrogen and oxygen atoms in total. The molecule has 0 aromatic carbocycles. The summed E-state index contributed by atoms with van der Waals surface area (Å²) < 4.78 is 0. The van der Waals surface area contributed by atoms with E-state index in [0.717, 1.165) is 0 Å². The number of nitrogens with zero attached hydrogens (tertiary/aromatic N) is 1. The normalized spacial score (nSPS) is 5.86. The van der Waals surface area contributed by atoms with Gasteiger partial charge in [-0.15, -0.1) is 0 Å². The molecular weight excluding hydrogens is 107 g/mol. The minimum atomic E-state index is -0.838. The van der Waals surface area contributed by atoms with Crippen LogP contribution in [0, 0.1) is 5.53 Å². The summed E-state index contributed by atoms with van der Waals surface area (Å²) in [7, 11) is 0. The van der Waals surface area contributed by atoms with Gasteiger partial charge < -0.3 is 0 Å². The zero-order valence-electron chi connectivity index (χ0n) is 2.93. The average molecular weight is 112 g/mol. The SMILES string of the molecule is N=NC(=O)NN.[NaH]. The van der Waals surface area contributed by atoms with Gasteiger partial charge in [0.25, 0.3) is 0 Å². The number of hydrazine groups is 1. The minimum absolute atomic E-state index is 0. The van der Waals surface area contributed by atoms with E-state index in [2.05, 4.69) is 11.0 Å². The van der Waals surface area contributed by atoms with Gasteiger partial charge in [0.1, 0.15) is 0 Å². The van der Waals surface area contributed by atoms with E-state index in [-0.39, 0.29) is 29.6 Å². The molecular formula is CH5N4NaO. The van der Waals surface area contributed by atoms with Crippen LogP contribution < -0.4 is 11.3 Å². The van der Waals surface area contributed by atoms with E-state index in [1.165, 1.54) is 0 Å². The fraction of sp³-hybridized carbons (Fsp3) is 0. The molecule has 0 fully saturated rings. The first kappa shape index (κ1) is 10.1. The Morgan fingerprint density at radius 3 is 2.29 bits per heavy atom. The summed E-state index contributed by atoms with van der Waals surface area (Å²) in [5, 5.41) is 2.38. The number of nitrogens with one attached hydrogen (secondary N) is 2. The Bertz CT molecular complexity index is 72.1. The predicted molar refractivity (Wildman–Crippen MR) is 25.0 cm³/mol. The second-order valence-electron chi connectivity index (χ2n) is 0.561. The average Bonchev–Trinajstić information content (AvgIpc) is 1.65. The van der Waals surface area contributed by atoms with Crippen molar-refractivity contribution in [3.05, 3.63) is 0 Å². The van der Waals surface area contributed by atoms with Gasteiger partial charge in [-0.3, -0.25) is 5.43 Å². The summed E-state index contributed by atoms with van der Waals surface area (Å²) in [6, 6.07) is -0.838. The fourth-order valence-corrected chi connectivity index (χ4v) is 0.0323. The number of urea groups is 1. The number of amides is 2. The molecule has 7 heavy (non-hydrogen) atoms. The van der Waals surface area contributed by atoms with Crippen LogP contribution in [0.2, 0.25) is 0 Å². The van der Waals surface area contributed by atoms with E-state index >= 15 is 0 Å². The first-order valence-corrected chi connectivity index (χ1v) is 1.19. The van der Waals surface area contributed by atoms with Gasteiger partial charge in [0.2, 0.25) is 0 Å². The van der Waals surface area contributed by atoms with Crippen LogP contribution in [0.25, 0.3) is 0 Å². The number of carbonyl (C=O) groups excluding carboxylic acids is 1. The van der Waals surface area contributed by atoms with Gasteiger partial charge in [-0.2, -0.15) is 5.53 Å². The maximum absolute atomic E-state index is 9.59. The van der Waals surface area contributed by atoms with Crippen molar-refractivity contribution < 1.29 is 4.79 Å². The van der Waals surface area contributed by atoms with Crippen molar-refractivity contribution in [1.29, 1.82) is 5.53 Å². The van der Waals surface area contributed by atoms with Gasteiger partial charge in [-0.1, -0.05) is 5.11 Å².